The van der Waals surface area contributed by atoms with Gasteiger partial charge in [0.05, 0.1) is 5.52 Å². The zero-order valence-electron chi connectivity index (χ0n) is 19.0. The topological polar surface area (TPSA) is 78.8 Å². The Kier molecular flexibility index (Phi) is 6.42. The molecule has 2 saturated heterocycles. The molecular formula is C24H35N3O4. The molecule has 2 aromatic rings. The minimum absolute atomic E-state index is 0.0598. The van der Waals surface area contributed by atoms with E-state index in [1.807, 2.05) is 32.9 Å². The van der Waals surface area contributed by atoms with Gasteiger partial charge in [-0.25, -0.2) is 4.79 Å². The number of carbonyl (C=O) groups excluding carboxylic acids is 1. The molecule has 3 heterocycles. The number of nitrogens with zero attached hydrogens (tertiary/aromatic N) is 2. The van der Waals surface area contributed by atoms with Gasteiger partial charge in [0.15, 0.2) is 5.58 Å². The van der Waals surface area contributed by atoms with Gasteiger partial charge in [-0.1, -0.05) is 0 Å². The fourth-order valence-corrected chi connectivity index (χ4v) is 4.86. The first kappa shape index (κ1) is 21.9. The molecule has 7 heteroatoms. The second kappa shape index (κ2) is 9.07. The molecule has 0 spiro atoms. The Labute approximate surface area is 183 Å². The first-order chi connectivity index (χ1) is 14.7. The number of fused-ring (bicyclic) bond motifs is 1. The van der Waals surface area contributed by atoms with Crippen molar-refractivity contribution in [2.75, 3.05) is 37.6 Å². The van der Waals surface area contributed by atoms with Crippen LogP contribution in [-0.2, 0) is 9.53 Å². The number of ether oxygens (including phenoxy) is 1. The van der Waals surface area contributed by atoms with Crippen molar-refractivity contribution in [3.63, 3.8) is 0 Å². The number of hydrogen-bond acceptors (Lipinski definition) is 6. The lowest BCUT2D eigenvalue weighted by Crippen LogP contribution is -2.42. The summed E-state index contributed by atoms with van der Waals surface area (Å²) in [6.45, 7) is 11.1. The van der Waals surface area contributed by atoms with Crippen LogP contribution in [0.2, 0.25) is 0 Å². The molecular weight excluding hydrogens is 394 g/mol. The molecule has 7 nitrogen and oxygen atoms in total. The summed E-state index contributed by atoms with van der Waals surface area (Å²) in [7, 11) is 0. The molecule has 1 aromatic heterocycles. The largest absolute Gasteiger partial charge is 0.460 e. The fraction of sp³-hybridized carbons (Fsp3) is 0.667. The fourth-order valence-electron chi connectivity index (χ4n) is 4.86. The van der Waals surface area contributed by atoms with Gasteiger partial charge in [0.1, 0.15) is 5.60 Å². The van der Waals surface area contributed by atoms with Gasteiger partial charge in [0.25, 0.3) is 0 Å². The van der Waals surface area contributed by atoms with Gasteiger partial charge in [-0.2, -0.15) is 0 Å². The first-order valence-electron chi connectivity index (χ1n) is 11.6. The van der Waals surface area contributed by atoms with Crippen LogP contribution in [0.3, 0.4) is 0 Å². The molecule has 2 fully saturated rings. The molecule has 4 rings (SSSR count). The zero-order valence-corrected chi connectivity index (χ0v) is 19.0. The maximum absolute atomic E-state index is 12.1. The van der Waals surface area contributed by atoms with E-state index in [9.17, 15) is 9.59 Å². The molecule has 1 aromatic carbocycles. The van der Waals surface area contributed by atoms with Crippen molar-refractivity contribution >= 4 is 22.8 Å². The SMILES string of the molecule is CC(C)(C)OC(=O)CC1CCN(CC2CCN(c3ccc4[nH]c(=O)oc4c3)CC2)CC1. The molecule has 31 heavy (non-hydrogen) atoms. The number of carbonyl (C=O) groups is 1. The van der Waals surface area contributed by atoms with Gasteiger partial charge < -0.3 is 19.0 Å². The Hall–Kier alpha value is -2.28. The van der Waals surface area contributed by atoms with Crippen LogP contribution in [0, 0.1) is 11.8 Å². The highest BCUT2D eigenvalue weighted by atomic mass is 16.6. The average Bonchev–Trinajstić information content (AvgIpc) is 3.08. The third-order valence-corrected chi connectivity index (χ3v) is 6.48. The Morgan fingerprint density at radius 3 is 2.45 bits per heavy atom. The Morgan fingerprint density at radius 1 is 1.10 bits per heavy atom. The van der Waals surface area contributed by atoms with Crippen LogP contribution in [0.5, 0.6) is 0 Å². The van der Waals surface area contributed by atoms with E-state index >= 15 is 0 Å². The number of esters is 1. The second-order valence-corrected chi connectivity index (χ2v) is 10.2. The zero-order chi connectivity index (χ0) is 22.0. The number of anilines is 1. The van der Waals surface area contributed by atoms with Crippen LogP contribution in [0.1, 0.15) is 52.9 Å². The number of benzene rings is 1. The predicted molar refractivity (Wildman–Crippen MR) is 121 cm³/mol. The highest BCUT2D eigenvalue weighted by Crippen LogP contribution is 2.28. The number of aromatic nitrogens is 1. The van der Waals surface area contributed by atoms with Crippen molar-refractivity contribution in [2.24, 2.45) is 11.8 Å². The van der Waals surface area contributed by atoms with Crippen molar-refractivity contribution in [3.05, 3.63) is 28.7 Å². The molecule has 0 saturated carbocycles. The quantitative estimate of drug-likeness (QED) is 0.729. The molecule has 0 aliphatic carbocycles. The van der Waals surface area contributed by atoms with Crippen LogP contribution in [0.15, 0.2) is 27.4 Å². The molecule has 2 aliphatic heterocycles. The molecule has 0 unspecified atom stereocenters. The molecule has 0 amide bonds. The van der Waals surface area contributed by atoms with Gasteiger partial charge in [0.2, 0.25) is 0 Å². The van der Waals surface area contributed by atoms with Crippen LogP contribution in [0.4, 0.5) is 5.69 Å². The minimum Gasteiger partial charge on any atom is -0.460 e. The Morgan fingerprint density at radius 2 is 1.77 bits per heavy atom. The number of piperidine rings is 2. The second-order valence-electron chi connectivity index (χ2n) is 10.2. The van der Waals surface area contributed by atoms with E-state index in [0.29, 0.717) is 23.8 Å². The number of aromatic amines is 1. The summed E-state index contributed by atoms with van der Waals surface area (Å²) in [5.74, 6) is 0.708. The minimum atomic E-state index is -0.402. The van der Waals surface area contributed by atoms with Crippen LogP contribution in [0.25, 0.3) is 11.1 Å². The maximum Gasteiger partial charge on any atom is 0.417 e. The van der Waals surface area contributed by atoms with Gasteiger partial charge >= 0.3 is 11.7 Å². The van der Waals surface area contributed by atoms with Gasteiger partial charge in [-0.15, -0.1) is 0 Å². The Balaban J connectivity index is 1.20. The normalized spacial score (nSPS) is 19.8. The highest BCUT2D eigenvalue weighted by Gasteiger charge is 2.27. The van der Waals surface area contributed by atoms with E-state index in [2.05, 4.69) is 20.9 Å². The molecule has 0 bridgehead atoms. The van der Waals surface area contributed by atoms with E-state index in [4.69, 9.17) is 9.15 Å². The summed E-state index contributed by atoms with van der Waals surface area (Å²) < 4.78 is 10.7. The summed E-state index contributed by atoms with van der Waals surface area (Å²) >= 11 is 0. The number of nitrogens with one attached hydrogen (secondary N) is 1. The summed E-state index contributed by atoms with van der Waals surface area (Å²) in [5.41, 5.74) is 2.10. The van der Waals surface area contributed by atoms with E-state index in [1.54, 1.807) is 0 Å². The average molecular weight is 430 g/mol. The summed E-state index contributed by atoms with van der Waals surface area (Å²) in [6.07, 6.45) is 5.06. The third-order valence-electron chi connectivity index (χ3n) is 6.48. The molecule has 0 atom stereocenters. The number of oxazole rings is 1. The van der Waals surface area contributed by atoms with Crippen LogP contribution in [-0.4, -0.2) is 54.2 Å². The lowest BCUT2D eigenvalue weighted by molar-refractivity contribution is -0.156. The maximum atomic E-state index is 12.1. The van der Waals surface area contributed by atoms with Gasteiger partial charge in [-0.05, 0) is 83.5 Å². The highest BCUT2D eigenvalue weighted by molar-refractivity contribution is 5.77. The van der Waals surface area contributed by atoms with E-state index in [1.165, 1.54) is 12.8 Å². The third kappa shape index (κ3) is 5.91. The monoisotopic (exact) mass is 429 g/mol. The number of rotatable bonds is 5. The molecule has 1 N–H and O–H groups in total. The predicted octanol–water partition coefficient (Wildman–Crippen LogP) is 3.78. The van der Waals surface area contributed by atoms with Crippen molar-refractivity contribution < 1.29 is 13.9 Å². The summed E-state index contributed by atoms with van der Waals surface area (Å²) in [5, 5.41) is 0. The van der Waals surface area contributed by atoms with Gasteiger partial charge in [-0.3, -0.25) is 9.78 Å². The van der Waals surface area contributed by atoms with Crippen molar-refractivity contribution in [1.82, 2.24) is 9.88 Å². The molecule has 2 aliphatic rings. The summed E-state index contributed by atoms with van der Waals surface area (Å²) in [6, 6.07) is 5.94. The van der Waals surface area contributed by atoms with E-state index in [-0.39, 0.29) is 5.97 Å². The number of H-pyrrole nitrogens is 1. The van der Waals surface area contributed by atoms with E-state index in [0.717, 1.165) is 56.8 Å². The van der Waals surface area contributed by atoms with Crippen LogP contribution < -0.4 is 10.7 Å². The summed E-state index contributed by atoms with van der Waals surface area (Å²) in [4.78, 5) is 31.1. The first-order valence-corrected chi connectivity index (χ1v) is 11.6. The molecule has 0 radical (unpaired) electrons. The van der Waals surface area contributed by atoms with Crippen molar-refractivity contribution in [2.45, 2.75) is 58.5 Å². The van der Waals surface area contributed by atoms with E-state index < -0.39 is 11.4 Å². The standard InChI is InChI=1S/C24H35N3O4/c1-24(2,3)31-22(28)14-17-6-10-26(11-7-17)16-18-8-12-27(13-9-18)19-4-5-20-21(15-19)30-23(29)25-20/h4-5,15,17-18H,6-14,16H2,1-3H3,(H,25,29). The van der Waals surface area contributed by atoms with Crippen LogP contribution >= 0.6 is 0 Å². The van der Waals surface area contributed by atoms with Crippen molar-refractivity contribution in [1.29, 1.82) is 0 Å². The Bertz CT molecular complexity index is 942. The molecule has 170 valence electrons. The number of hydrogen-bond donors (Lipinski definition) is 1. The lowest BCUT2D eigenvalue weighted by atomic mass is 9.91. The van der Waals surface area contributed by atoms with Crippen molar-refractivity contribution in [3.8, 4) is 0 Å². The smallest absolute Gasteiger partial charge is 0.417 e. The number of likely N-dealkylation sites (tertiary alicyclic amines) is 1. The lowest BCUT2D eigenvalue weighted by Gasteiger charge is -2.38. The van der Waals surface area contributed by atoms with Gasteiger partial charge in [0, 0.05) is 37.8 Å².